The van der Waals surface area contributed by atoms with Crippen LogP contribution in [0.3, 0.4) is 0 Å². The molecule has 4 heteroatoms. The van der Waals surface area contributed by atoms with Gasteiger partial charge in [-0.25, -0.2) is 13.2 Å². The molecule has 0 spiro atoms. The second-order valence-corrected chi connectivity index (χ2v) is 4.03. The molecule has 12 heavy (non-hydrogen) atoms. The average Bonchev–Trinajstić information content (AvgIpc) is 1.86. The monoisotopic (exact) mass is 198 g/mol. The predicted molar refractivity (Wildman–Crippen MR) is 42.2 cm³/mol. The Morgan fingerprint density at radius 3 is 2.25 bits per heavy atom. The van der Waals surface area contributed by atoms with Gasteiger partial charge in [-0.15, -0.1) is 6.58 Å². The van der Waals surface area contributed by atoms with E-state index in [1.165, 1.54) is 13.0 Å². The molecule has 1 aliphatic carbocycles. The summed E-state index contributed by atoms with van der Waals surface area (Å²) < 4.78 is 38.4. The van der Waals surface area contributed by atoms with Gasteiger partial charge in [0.25, 0.3) is 11.1 Å². The van der Waals surface area contributed by atoms with Crippen LogP contribution in [0.5, 0.6) is 0 Å². The Labute approximate surface area is 74.4 Å². The van der Waals surface area contributed by atoms with Crippen molar-refractivity contribution in [1.82, 2.24) is 0 Å². The van der Waals surface area contributed by atoms with Gasteiger partial charge < -0.3 is 0 Å². The highest BCUT2D eigenvalue weighted by atomic mass is 35.5. The van der Waals surface area contributed by atoms with Gasteiger partial charge in [0.2, 0.25) is 0 Å². The molecular weight excluding hydrogens is 189 g/mol. The van der Waals surface area contributed by atoms with E-state index in [-0.39, 0.29) is 6.42 Å². The van der Waals surface area contributed by atoms with E-state index in [1.54, 1.807) is 0 Å². The molecule has 1 rings (SSSR count). The normalized spacial score (nSPS) is 45.1. The minimum absolute atomic E-state index is 0.169. The number of alkyl halides is 4. The van der Waals surface area contributed by atoms with Crippen molar-refractivity contribution >= 4 is 11.6 Å². The van der Waals surface area contributed by atoms with Gasteiger partial charge >= 0.3 is 0 Å². The first-order valence-electron chi connectivity index (χ1n) is 3.63. The SMILES string of the molecule is C=CCC1(C)CC(F)(F)C1(F)Cl. The van der Waals surface area contributed by atoms with Gasteiger partial charge in [-0.2, -0.15) is 0 Å². The van der Waals surface area contributed by atoms with Crippen LogP contribution in [0.4, 0.5) is 13.2 Å². The van der Waals surface area contributed by atoms with Crippen molar-refractivity contribution in [3.05, 3.63) is 12.7 Å². The molecule has 0 amide bonds. The van der Waals surface area contributed by atoms with Gasteiger partial charge in [-0.05, 0) is 6.42 Å². The van der Waals surface area contributed by atoms with Gasteiger partial charge in [0.15, 0.2) is 0 Å². The van der Waals surface area contributed by atoms with Crippen LogP contribution in [0, 0.1) is 5.41 Å². The maximum atomic E-state index is 13.2. The van der Waals surface area contributed by atoms with E-state index < -0.39 is 22.9 Å². The lowest BCUT2D eigenvalue weighted by molar-refractivity contribution is -0.248. The minimum atomic E-state index is -3.40. The number of allylic oxidation sites excluding steroid dienone is 1. The summed E-state index contributed by atoms with van der Waals surface area (Å²) in [5.74, 6) is -3.40. The molecule has 2 atom stereocenters. The van der Waals surface area contributed by atoms with Gasteiger partial charge in [-0.1, -0.05) is 24.6 Å². The second kappa shape index (κ2) is 2.41. The zero-order valence-corrected chi connectivity index (χ0v) is 7.47. The minimum Gasteiger partial charge on any atom is -0.219 e. The van der Waals surface area contributed by atoms with Crippen LogP contribution in [0.25, 0.3) is 0 Å². The highest BCUT2D eigenvalue weighted by molar-refractivity contribution is 6.24. The quantitative estimate of drug-likeness (QED) is 0.471. The van der Waals surface area contributed by atoms with E-state index in [9.17, 15) is 13.2 Å². The molecule has 70 valence electrons. The van der Waals surface area contributed by atoms with E-state index in [0.29, 0.717) is 0 Å². The third-order valence-corrected chi connectivity index (χ3v) is 3.16. The molecule has 1 aliphatic rings. The molecule has 0 heterocycles. The first-order valence-corrected chi connectivity index (χ1v) is 4.01. The molecule has 0 radical (unpaired) electrons. The van der Waals surface area contributed by atoms with Crippen molar-refractivity contribution in [2.75, 3.05) is 0 Å². The summed E-state index contributed by atoms with van der Waals surface area (Å²) in [6.45, 7) is 4.77. The summed E-state index contributed by atoms with van der Waals surface area (Å²) in [5.41, 5.74) is -1.17. The lowest BCUT2D eigenvalue weighted by Gasteiger charge is -2.53. The third-order valence-electron chi connectivity index (χ3n) is 2.42. The molecule has 1 fully saturated rings. The van der Waals surface area contributed by atoms with Gasteiger partial charge in [0, 0.05) is 11.8 Å². The van der Waals surface area contributed by atoms with Crippen LogP contribution in [-0.4, -0.2) is 11.1 Å². The van der Waals surface area contributed by atoms with Crippen molar-refractivity contribution in [2.45, 2.75) is 30.8 Å². The topological polar surface area (TPSA) is 0 Å². The lowest BCUT2D eigenvalue weighted by atomic mass is 9.63. The number of hydrogen-bond donors (Lipinski definition) is 0. The van der Waals surface area contributed by atoms with Crippen LogP contribution < -0.4 is 0 Å². The zero-order valence-electron chi connectivity index (χ0n) is 6.71. The van der Waals surface area contributed by atoms with Gasteiger partial charge in [0.1, 0.15) is 0 Å². The molecule has 2 unspecified atom stereocenters. The van der Waals surface area contributed by atoms with E-state index in [0.717, 1.165) is 0 Å². The summed E-state index contributed by atoms with van der Waals surface area (Å²) in [7, 11) is 0. The summed E-state index contributed by atoms with van der Waals surface area (Å²) in [4.78, 5) is 0. The van der Waals surface area contributed by atoms with Crippen molar-refractivity contribution in [1.29, 1.82) is 0 Å². The summed E-state index contributed by atoms with van der Waals surface area (Å²) in [6.07, 6.45) is 1.07. The van der Waals surface area contributed by atoms with Crippen molar-refractivity contribution in [3.63, 3.8) is 0 Å². The van der Waals surface area contributed by atoms with E-state index >= 15 is 0 Å². The third kappa shape index (κ3) is 0.987. The van der Waals surface area contributed by atoms with Crippen LogP contribution >= 0.6 is 11.6 Å². The molecule has 0 aromatic heterocycles. The fraction of sp³-hybridized carbons (Fsp3) is 0.750. The Morgan fingerprint density at radius 2 is 2.00 bits per heavy atom. The Morgan fingerprint density at radius 1 is 1.50 bits per heavy atom. The number of halogens is 4. The largest absolute Gasteiger partial charge is 0.296 e. The fourth-order valence-corrected chi connectivity index (χ4v) is 1.78. The Hall–Kier alpha value is -0.180. The maximum absolute atomic E-state index is 13.2. The highest BCUT2D eigenvalue weighted by Crippen LogP contribution is 2.65. The molecule has 0 aromatic carbocycles. The summed E-state index contributed by atoms with van der Waals surface area (Å²) in [6, 6.07) is 0. The Kier molecular flexibility index (Phi) is 1.99. The average molecular weight is 199 g/mol. The summed E-state index contributed by atoms with van der Waals surface area (Å²) >= 11 is 5.12. The lowest BCUT2D eigenvalue weighted by Crippen LogP contribution is -2.64. The summed E-state index contributed by atoms with van der Waals surface area (Å²) in [5, 5.41) is -2.91. The highest BCUT2D eigenvalue weighted by Gasteiger charge is 2.75. The fourth-order valence-electron chi connectivity index (χ4n) is 1.57. The van der Waals surface area contributed by atoms with Crippen LogP contribution in [0.1, 0.15) is 19.8 Å². The Bertz CT molecular complexity index is 212. The van der Waals surface area contributed by atoms with E-state index in [4.69, 9.17) is 11.6 Å². The first-order chi connectivity index (χ1) is 5.27. The van der Waals surface area contributed by atoms with E-state index in [2.05, 4.69) is 6.58 Å². The second-order valence-electron chi connectivity index (χ2n) is 3.51. The van der Waals surface area contributed by atoms with Crippen LogP contribution in [-0.2, 0) is 0 Å². The molecule has 0 N–H and O–H groups in total. The maximum Gasteiger partial charge on any atom is 0.296 e. The van der Waals surface area contributed by atoms with E-state index in [1.807, 2.05) is 0 Å². The van der Waals surface area contributed by atoms with Gasteiger partial charge in [0.05, 0.1) is 0 Å². The van der Waals surface area contributed by atoms with Crippen molar-refractivity contribution < 1.29 is 13.2 Å². The Balaban J connectivity index is 2.82. The van der Waals surface area contributed by atoms with Crippen LogP contribution in [0.2, 0.25) is 0 Å². The number of rotatable bonds is 2. The molecule has 0 bridgehead atoms. The zero-order chi connectivity index (χ0) is 9.62. The first kappa shape index (κ1) is 9.90. The molecule has 0 nitrogen and oxygen atoms in total. The molecular formula is C8H10ClF3. The van der Waals surface area contributed by atoms with Crippen molar-refractivity contribution in [2.24, 2.45) is 5.41 Å². The van der Waals surface area contributed by atoms with Gasteiger partial charge in [-0.3, -0.25) is 0 Å². The smallest absolute Gasteiger partial charge is 0.219 e. The molecule has 1 saturated carbocycles. The molecule has 0 saturated heterocycles. The van der Waals surface area contributed by atoms with Crippen LogP contribution in [0.15, 0.2) is 12.7 Å². The standard InChI is InChI=1S/C8H10ClF3/c1-3-4-6(2)5-7(10,11)8(6,9)12/h3H,1,4-5H2,2H3. The van der Waals surface area contributed by atoms with Crippen molar-refractivity contribution in [3.8, 4) is 0 Å². The molecule has 0 aliphatic heterocycles. The predicted octanol–water partition coefficient (Wildman–Crippen LogP) is 3.51. The molecule has 0 aromatic rings. The number of hydrogen-bond acceptors (Lipinski definition) is 0.